The summed E-state index contributed by atoms with van der Waals surface area (Å²) in [5, 5.41) is 12.9. The second kappa shape index (κ2) is 6.07. The maximum atomic E-state index is 9.63. The fourth-order valence-corrected chi connectivity index (χ4v) is 1.71. The molecule has 2 N–H and O–H groups in total. The van der Waals surface area contributed by atoms with Gasteiger partial charge in [0.2, 0.25) is 0 Å². The molecule has 0 unspecified atom stereocenters. The van der Waals surface area contributed by atoms with E-state index >= 15 is 0 Å². The lowest BCUT2D eigenvalue weighted by molar-refractivity contribution is 0.373. The highest BCUT2D eigenvalue weighted by Crippen LogP contribution is 2.25. The zero-order valence-corrected chi connectivity index (χ0v) is 10.3. The van der Waals surface area contributed by atoms with Gasteiger partial charge in [-0.05, 0) is 17.7 Å². The van der Waals surface area contributed by atoms with Crippen molar-refractivity contribution in [3.63, 3.8) is 0 Å². The summed E-state index contributed by atoms with van der Waals surface area (Å²) < 4.78 is 7.01. The smallest absolute Gasteiger partial charge is 0.160 e. The molecule has 0 atom stereocenters. The number of methoxy groups -OCH3 is 1. The summed E-state index contributed by atoms with van der Waals surface area (Å²) in [6.07, 6.45) is 5.49. The van der Waals surface area contributed by atoms with E-state index in [1.165, 1.54) is 7.11 Å². The molecule has 0 aliphatic carbocycles. The van der Waals surface area contributed by atoms with Gasteiger partial charge in [0, 0.05) is 32.0 Å². The largest absolute Gasteiger partial charge is 0.504 e. The van der Waals surface area contributed by atoms with Gasteiger partial charge in [-0.1, -0.05) is 6.07 Å². The Morgan fingerprint density at radius 3 is 3.00 bits per heavy atom. The minimum Gasteiger partial charge on any atom is -0.504 e. The van der Waals surface area contributed by atoms with Crippen molar-refractivity contribution in [1.82, 2.24) is 14.9 Å². The summed E-state index contributed by atoms with van der Waals surface area (Å²) in [5.41, 5.74) is 1.03. The molecule has 1 heterocycles. The highest BCUT2D eigenvalue weighted by molar-refractivity contribution is 5.41. The third-order valence-electron chi connectivity index (χ3n) is 2.68. The van der Waals surface area contributed by atoms with Crippen LogP contribution < -0.4 is 10.1 Å². The number of ether oxygens (including phenoxy) is 1. The summed E-state index contributed by atoms with van der Waals surface area (Å²) in [6, 6.07) is 5.41. The van der Waals surface area contributed by atoms with Crippen molar-refractivity contribution in [1.29, 1.82) is 0 Å². The van der Waals surface area contributed by atoms with E-state index in [2.05, 4.69) is 10.3 Å². The van der Waals surface area contributed by atoms with Crippen LogP contribution in [0.5, 0.6) is 11.5 Å². The minimum absolute atomic E-state index is 0.173. The van der Waals surface area contributed by atoms with Crippen LogP contribution in [0.15, 0.2) is 36.9 Å². The first-order chi connectivity index (χ1) is 8.79. The van der Waals surface area contributed by atoms with E-state index < -0.39 is 0 Å². The van der Waals surface area contributed by atoms with Crippen molar-refractivity contribution in [2.75, 3.05) is 13.7 Å². The first kappa shape index (κ1) is 12.4. The van der Waals surface area contributed by atoms with Crippen LogP contribution in [0, 0.1) is 0 Å². The van der Waals surface area contributed by atoms with Gasteiger partial charge < -0.3 is 19.7 Å². The second-order valence-corrected chi connectivity index (χ2v) is 3.98. The van der Waals surface area contributed by atoms with Gasteiger partial charge in [0.05, 0.1) is 13.4 Å². The Morgan fingerprint density at radius 1 is 1.44 bits per heavy atom. The maximum absolute atomic E-state index is 9.63. The Hall–Kier alpha value is -2.01. The predicted octanol–water partition coefficient (Wildman–Crippen LogP) is 1.39. The molecule has 18 heavy (non-hydrogen) atoms. The monoisotopic (exact) mass is 247 g/mol. The molecule has 1 aromatic heterocycles. The first-order valence-corrected chi connectivity index (χ1v) is 5.82. The molecule has 0 saturated carbocycles. The van der Waals surface area contributed by atoms with Crippen LogP contribution in [0.2, 0.25) is 0 Å². The number of benzene rings is 1. The molecule has 0 bridgehead atoms. The van der Waals surface area contributed by atoms with Crippen LogP contribution in [-0.2, 0) is 13.1 Å². The number of phenols is 1. The molecular weight excluding hydrogens is 230 g/mol. The zero-order chi connectivity index (χ0) is 12.8. The highest BCUT2D eigenvalue weighted by atomic mass is 16.5. The van der Waals surface area contributed by atoms with Gasteiger partial charge in [0.25, 0.3) is 0 Å². The number of imidazole rings is 1. The van der Waals surface area contributed by atoms with Gasteiger partial charge in [0.15, 0.2) is 11.5 Å². The van der Waals surface area contributed by atoms with Gasteiger partial charge in [-0.2, -0.15) is 0 Å². The van der Waals surface area contributed by atoms with Crippen LogP contribution >= 0.6 is 0 Å². The van der Waals surface area contributed by atoms with E-state index in [9.17, 15) is 5.11 Å². The summed E-state index contributed by atoms with van der Waals surface area (Å²) in [7, 11) is 1.54. The van der Waals surface area contributed by atoms with Crippen LogP contribution in [0.4, 0.5) is 0 Å². The molecule has 2 aromatic rings. The summed E-state index contributed by atoms with van der Waals surface area (Å²) >= 11 is 0. The van der Waals surface area contributed by atoms with Gasteiger partial charge in [0.1, 0.15) is 0 Å². The van der Waals surface area contributed by atoms with E-state index in [0.29, 0.717) is 12.3 Å². The zero-order valence-electron chi connectivity index (χ0n) is 10.3. The third kappa shape index (κ3) is 3.24. The molecule has 1 aromatic carbocycles. The molecule has 0 aliphatic rings. The number of nitrogens with one attached hydrogen (secondary N) is 1. The molecule has 2 rings (SSSR count). The standard InChI is InChI=1S/C13H17N3O2/c1-18-13-3-2-11(8-12(13)17)9-14-4-6-16-7-5-15-10-16/h2-3,5,7-8,10,14,17H,4,6,9H2,1H3. The average molecular weight is 247 g/mol. The molecule has 0 aliphatic heterocycles. The van der Waals surface area contributed by atoms with E-state index in [0.717, 1.165) is 18.7 Å². The third-order valence-corrected chi connectivity index (χ3v) is 2.68. The summed E-state index contributed by atoms with van der Waals surface area (Å²) in [4.78, 5) is 3.98. The molecule has 5 nitrogen and oxygen atoms in total. The van der Waals surface area contributed by atoms with Crippen LogP contribution in [0.3, 0.4) is 0 Å². The van der Waals surface area contributed by atoms with Crippen molar-refractivity contribution in [3.05, 3.63) is 42.5 Å². The quantitative estimate of drug-likeness (QED) is 0.757. The van der Waals surface area contributed by atoms with Crippen molar-refractivity contribution < 1.29 is 9.84 Å². The fraction of sp³-hybridized carbons (Fsp3) is 0.308. The Kier molecular flexibility index (Phi) is 4.20. The SMILES string of the molecule is COc1ccc(CNCCn2ccnc2)cc1O. The fourth-order valence-electron chi connectivity index (χ4n) is 1.71. The maximum Gasteiger partial charge on any atom is 0.160 e. The van der Waals surface area contributed by atoms with E-state index in [-0.39, 0.29) is 5.75 Å². The number of aromatic nitrogens is 2. The molecule has 0 saturated heterocycles. The van der Waals surface area contributed by atoms with E-state index in [1.807, 2.05) is 16.8 Å². The van der Waals surface area contributed by atoms with Crippen molar-refractivity contribution in [2.24, 2.45) is 0 Å². The van der Waals surface area contributed by atoms with E-state index in [4.69, 9.17) is 4.74 Å². The lowest BCUT2D eigenvalue weighted by Gasteiger charge is -2.08. The topological polar surface area (TPSA) is 59.3 Å². The molecule has 0 fully saturated rings. The number of hydrogen-bond acceptors (Lipinski definition) is 4. The molecule has 0 amide bonds. The van der Waals surface area contributed by atoms with E-state index in [1.54, 1.807) is 24.7 Å². The van der Waals surface area contributed by atoms with Crippen molar-refractivity contribution >= 4 is 0 Å². The van der Waals surface area contributed by atoms with Gasteiger partial charge in [-0.15, -0.1) is 0 Å². The molecule has 0 spiro atoms. The molecule has 5 heteroatoms. The van der Waals surface area contributed by atoms with Crippen molar-refractivity contribution in [2.45, 2.75) is 13.1 Å². The van der Waals surface area contributed by atoms with Gasteiger partial charge in [-0.25, -0.2) is 4.98 Å². The Labute approximate surface area is 106 Å². The minimum atomic E-state index is 0.173. The molecule has 0 radical (unpaired) electrons. The number of rotatable bonds is 6. The lowest BCUT2D eigenvalue weighted by atomic mass is 10.2. The van der Waals surface area contributed by atoms with Gasteiger partial charge in [-0.3, -0.25) is 0 Å². The molecule has 96 valence electrons. The number of hydrogen-bond donors (Lipinski definition) is 2. The number of aromatic hydroxyl groups is 1. The summed E-state index contributed by atoms with van der Waals surface area (Å²) in [6.45, 7) is 2.44. The molecular formula is C13H17N3O2. The van der Waals surface area contributed by atoms with Gasteiger partial charge >= 0.3 is 0 Å². The number of phenolic OH excluding ortho intramolecular Hbond substituents is 1. The second-order valence-electron chi connectivity index (χ2n) is 3.98. The Balaban J connectivity index is 1.78. The summed E-state index contributed by atoms with van der Waals surface area (Å²) in [5.74, 6) is 0.670. The van der Waals surface area contributed by atoms with Crippen LogP contribution in [0.1, 0.15) is 5.56 Å². The number of nitrogens with zero attached hydrogens (tertiary/aromatic N) is 2. The highest BCUT2D eigenvalue weighted by Gasteiger charge is 2.01. The normalized spacial score (nSPS) is 10.5. The Bertz CT molecular complexity index is 483. The van der Waals surface area contributed by atoms with Crippen LogP contribution in [-0.4, -0.2) is 28.3 Å². The van der Waals surface area contributed by atoms with Crippen molar-refractivity contribution in [3.8, 4) is 11.5 Å². The average Bonchev–Trinajstić information content (AvgIpc) is 2.88. The lowest BCUT2D eigenvalue weighted by Crippen LogP contribution is -2.18. The first-order valence-electron chi connectivity index (χ1n) is 5.82. The Morgan fingerprint density at radius 2 is 2.33 bits per heavy atom. The van der Waals surface area contributed by atoms with Crippen LogP contribution in [0.25, 0.3) is 0 Å². The predicted molar refractivity (Wildman–Crippen MR) is 68.6 cm³/mol.